The predicted octanol–water partition coefficient (Wildman–Crippen LogP) is 3.37. The Morgan fingerprint density at radius 3 is 3.06 bits per heavy atom. The van der Waals surface area contributed by atoms with Crippen molar-refractivity contribution < 1.29 is 4.74 Å². The molecule has 0 aliphatic rings. The number of ether oxygens (including phenoxy) is 1. The van der Waals surface area contributed by atoms with Gasteiger partial charge in [-0.25, -0.2) is 0 Å². The zero-order valence-electron chi connectivity index (χ0n) is 9.35. The summed E-state index contributed by atoms with van der Waals surface area (Å²) >= 11 is 1.84. The molecule has 1 heterocycles. The minimum atomic E-state index is 0.765. The molecule has 0 radical (unpaired) electrons. The summed E-state index contributed by atoms with van der Waals surface area (Å²) in [6.07, 6.45) is 4.98. The number of thioether (sulfide) groups is 1. The van der Waals surface area contributed by atoms with Crippen LogP contribution >= 0.6 is 11.8 Å². The van der Waals surface area contributed by atoms with Crippen LogP contribution in [0.3, 0.4) is 0 Å². The average molecular weight is 233 g/mol. The summed E-state index contributed by atoms with van der Waals surface area (Å²) in [6, 6.07) is 10.1. The lowest BCUT2D eigenvalue weighted by Crippen LogP contribution is -1.98. The van der Waals surface area contributed by atoms with Crippen LogP contribution in [0.5, 0.6) is 5.75 Å². The van der Waals surface area contributed by atoms with Crippen LogP contribution in [-0.2, 0) is 0 Å². The number of hydrogen-bond acceptors (Lipinski definition) is 3. The fraction of sp³-hybridized carbons (Fsp3) is 0.308. The molecule has 0 fully saturated rings. The van der Waals surface area contributed by atoms with E-state index >= 15 is 0 Å². The molecule has 0 saturated carbocycles. The zero-order valence-corrected chi connectivity index (χ0v) is 10.2. The molecule has 84 valence electrons. The first kappa shape index (κ1) is 11.3. The molecule has 0 aliphatic carbocycles. The Morgan fingerprint density at radius 2 is 2.19 bits per heavy atom. The number of benzene rings is 1. The number of pyridine rings is 1. The summed E-state index contributed by atoms with van der Waals surface area (Å²) in [5.41, 5.74) is 1.01. The van der Waals surface area contributed by atoms with Crippen molar-refractivity contribution in [3.8, 4) is 5.75 Å². The first-order valence-electron chi connectivity index (χ1n) is 5.36. The minimum absolute atomic E-state index is 0.765. The van der Waals surface area contributed by atoms with E-state index in [1.807, 2.05) is 36.0 Å². The van der Waals surface area contributed by atoms with Gasteiger partial charge in [0, 0.05) is 5.39 Å². The highest BCUT2D eigenvalue weighted by molar-refractivity contribution is 7.98. The van der Waals surface area contributed by atoms with Crippen molar-refractivity contribution in [2.75, 3.05) is 18.6 Å². The van der Waals surface area contributed by atoms with Crippen LogP contribution in [0.1, 0.15) is 6.42 Å². The Balaban J connectivity index is 2.02. The highest BCUT2D eigenvalue weighted by atomic mass is 32.2. The van der Waals surface area contributed by atoms with Gasteiger partial charge in [-0.2, -0.15) is 11.8 Å². The largest absolute Gasteiger partial charge is 0.492 e. The van der Waals surface area contributed by atoms with Crippen LogP contribution in [-0.4, -0.2) is 23.6 Å². The van der Waals surface area contributed by atoms with Crippen molar-refractivity contribution in [2.24, 2.45) is 0 Å². The van der Waals surface area contributed by atoms with Crippen molar-refractivity contribution in [2.45, 2.75) is 6.42 Å². The molecule has 0 bridgehead atoms. The van der Waals surface area contributed by atoms with Crippen molar-refractivity contribution in [1.82, 2.24) is 4.98 Å². The fourth-order valence-corrected chi connectivity index (χ4v) is 1.93. The van der Waals surface area contributed by atoms with E-state index in [1.165, 1.54) is 0 Å². The molecule has 0 saturated heterocycles. The van der Waals surface area contributed by atoms with E-state index < -0.39 is 0 Å². The maximum atomic E-state index is 5.64. The maximum absolute atomic E-state index is 5.64. The summed E-state index contributed by atoms with van der Waals surface area (Å²) in [6.45, 7) is 0.765. The Kier molecular flexibility index (Phi) is 4.05. The van der Waals surface area contributed by atoms with Crippen LogP contribution in [0.2, 0.25) is 0 Å². The molecule has 16 heavy (non-hydrogen) atoms. The zero-order chi connectivity index (χ0) is 11.2. The number of rotatable bonds is 5. The maximum Gasteiger partial charge on any atom is 0.138 e. The van der Waals surface area contributed by atoms with E-state index in [9.17, 15) is 0 Å². The molecule has 0 unspecified atom stereocenters. The third-order valence-corrected chi connectivity index (χ3v) is 3.02. The number of aromatic nitrogens is 1. The molecule has 0 atom stereocenters. The summed E-state index contributed by atoms with van der Waals surface area (Å²) in [7, 11) is 0. The molecule has 0 aliphatic heterocycles. The van der Waals surface area contributed by atoms with E-state index in [1.54, 1.807) is 6.20 Å². The number of hydrogen-bond donors (Lipinski definition) is 0. The standard InChI is InChI=1S/C13H15NOS/c1-16-8-4-7-15-12-9-11-5-2-3-6-13(11)14-10-12/h2-3,5-6,9-10H,4,7-8H2,1H3. The van der Waals surface area contributed by atoms with E-state index in [0.29, 0.717) is 0 Å². The van der Waals surface area contributed by atoms with E-state index in [-0.39, 0.29) is 0 Å². The second kappa shape index (κ2) is 5.75. The number of para-hydroxylation sites is 1. The Hall–Kier alpha value is -1.22. The SMILES string of the molecule is CSCCCOc1cnc2ccccc2c1. The van der Waals surface area contributed by atoms with Gasteiger partial charge in [0.2, 0.25) is 0 Å². The molecule has 0 N–H and O–H groups in total. The summed E-state index contributed by atoms with van der Waals surface area (Å²) < 4.78 is 5.64. The van der Waals surface area contributed by atoms with Gasteiger partial charge < -0.3 is 4.74 Å². The first-order valence-corrected chi connectivity index (χ1v) is 6.76. The van der Waals surface area contributed by atoms with Crippen LogP contribution in [0, 0.1) is 0 Å². The molecule has 2 rings (SSSR count). The highest BCUT2D eigenvalue weighted by Gasteiger charge is 1.97. The Bertz CT molecular complexity index is 458. The summed E-state index contributed by atoms with van der Waals surface area (Å²) in [5, 5.41) is 1.13. The molecule has 0 spiro atoms. The lowest BCUT2D eigenvalue weighted by atomic mass is 10.2. The van der Waals surface area contributed by atoms with E-state index in [4.69, 9.17) is 4.74 Å². The van der Waals surface area contributed by atoms with Crippen LogP contribution < -0.4 is 4.74 Å². The van der Waals surface area contributed by atoms with Crippen molar-refractivity contribution in [3.63, 3.8) is 0 Å². The molecular weight excluding hydrogens is 218 g/mol. The molecular formula is C13H15NOS. The van der Waals surface area contributed by atoms with Crippen LogP contribution in [0.15, 0.2) is 36.5 Å². The van der Waals surface area contributed by atoms with Crippen LogP contribution in [0.4, 0.5) is 0 Å². The van der Waals surface area contributed by atoms with Gasteiger partial charge in [-0.1, -0.05) is 18.2 Å². The van der Waals surface area contributed by atoms with Gasteiger partial charge in [0.15, 0.2) is 0 Å². The molecule has 3 heteroatoms. The average Bonchev–Trinajstić information content (AvgIpc) is 2.34. The van der Waals surface area contributed by atoms with Crippen molar-refractivity contribution >= 4 is 22.7 Å². The smallest absolute Gasteiger partial charge is 0.138 e. The highest BCUT2D eigenvalue weighted by Crippen LogP contribution is 2.17. The minimum Gasteiger partial charge on any atom is -0.492 e. The molecule has 1 aromatic heterocycles. The quantitative estimate of drug-likeness (QED) is 0.739. The predicted molar refractivity (Wildman–Crippen MR) is 70.2 cm³/mol. The van der Waals surface area contributed by atoms with Gasteiger partial charge >= 0.3 is 0 Å². The number of fused-ring (bicyclic) bond motifs is 1. The molecule has 2 aromatic rings. The normalized spacial score (nSPS) is 10.6. The van der Waals surface area contributed by atoms with E-state index in [2.05, 4.69) is 17.3 Å². The molecule has 1 aromatic carbocycles. The topological polar surface area (TPSA) is 22.1 Å². The lowest BCUT2D eigenvalue weighted by molar-refractivity contribution is 0.318. The summed E-state index contributed by atoms with van der Waals surface area (Å²) in [5.74, 6) is 2.00. The second-order valence-electron chi connectivity index (χ2n) is 3.56. The van der Waals surface area contributed by atoms with Gasteiger partial charge in [-0.15, -0.1) is 0 Å². The first-order chi connectivity index (χ1) is 7.90. The third kappa shape index (κ3) is 2.89. The third-order valence-electron chi connectivity index (χ3n) is 2.33. The fourth-order valence-electron chi connectivity index (χ4n) is 1.52. The monoisotopic (exact) mass is 233 g/mol. The second-order valence-corrected chi connectivity index (χ2v) is 4.54. The van der Waals surface area contributed by atoms with Crippen LogP contribution in [0.25, 0.3) is 10.9 Å². The van der Waals surface area contributed by atoms with Crippen molar-refractivity contribution in [3.05, 3.63) is 36.5 Å². The van der Waals surface area contributed by atoms with Gasteiger partial charge in [0.25, 0.3) is 0 Å². The van der Waals surface area contributed by atoms with Crippen molar-refractivity contribution in [1.29, 1.82) is 0 Å². The van der Waals surface area contributed by atoms with Gasteiger partial charge in [-0.05, 0) is 30.6 Å². The lowest BCUT2D eigenvalue weighted by Gasteiger charge is -2.05. The van der Waals surface area contributed by atoms with Gasteiger partial charge in [0.1, 0.15) is 5.75 Å². The summed E-state index contributed by atoms with van der Waals surface area (Å²) in [4.78, 5) is 4.35. The Morgan fingerprint density at radius 1 is 1.31 bits per heavy atom. The van der Waals surface area contributed by atoms with Gasteiger partial charge in [0.05, 0.1) is 18.3 Å². The number of nitrogens with zero attached hydrogens (tertiary/aromatic N) is 1. The molecule has 0 amide bonds. The van der Waals surface area contributed by atoms with E-state index in [0.717, 1.165) is 35.4 Å². The Labute approximate surface area is 100 Å². The molecule has 2 nitrogen and oxygen atoms in total. The van der Waals surface area contributed by atoms with Gasteiger partial charge in [-0.3, -0.25) is 4.98 Å².